The molecule has 3 amide bonds. The van der Waals surface area contributed by atoms with Crippen LogP contribution < -0.4 is 10.6 Å². The number of carbonyl (C=O) groups excluding carboxylic acids is 3. The van der Waals surface area contributed by atoms with E-state index in [0.29, 0.717) is 18.7 Å². The largest absolute Gasteiger partial charge is 0.445 e. The number of aromatic nitrogens is 2. The normalized spacial score (nSPS) is 12.8. The first-order chi connectivity index (χ1) is 19.1. The average molecular weight is 548 g/mol. The summed E-state index contributed by atoms with van der Waals surface area (Å²) in [6.07, 6.45) is 3.03. The number of amides is 3. The minimum absolute atomic E-state index is 0.0725. The van der Waals surface area contributed by atoms with Gasteiger partial charge in [0.1, 0.15) is 18.7 Å². The lowest BCUT2D eigenvalue weighted by molar-refractivity contribution is -0.141. The summed E-state index contributed by atoms with van der Waals surface area (Å²) in [4.78, 5) is 48.4. The molecule has 0 spiro atoms. The molecule has 0 aliphatic rings. The van der Waals surface area contributed by atoms with Crippen LogP contribution in [0.3, 0.4) is 0 Å². The lowest BCUT2D eigenvalue weighted by atomic mass is 9.84. The number of alkyl carbamates (subject to hydrolysis) is 1. The van der Waals surface area contributed by atoms with Crippen LogP contribution in [0.5, 0.6) is 0 Å². The van der Waals surface area contributed by atoms with Crippen LogP contribution in [-0.2, 0) is 32.8 Å². The number of nitrogens with one attached hydrogen (secondary N) is 3. The third kappa shape index (κ3) is 8.97. The Bertz CT molecular complexity index is 1210. The molecule has 2 atom stereocenters. The number of aromatic amines is 1. The van der Waals surface area contributed by atoms with E-state index in [4.69, 9.17) is 4.74 Å². The molecule has 40 heavy (non-hydrogen) atoms. The smallest absolute Gasteiger partial charge is 0.408 e. The summed E-state index contributed by atoms with van der Waals surface area (Å²) in [5, 5.41) is 5.76. The lowest BCUT2D eigenvalue weighted by Gasteiger charge is -2.33. The van der Waals surface area contributed by atoms with Crippen LogP contribution >= 0.6 is 0 Å². The van der Waals surface area contributed by atoms with Gasteiger partial charge >= 0.3 is 6.09 Å². The van der Waals surface area contributed by atoms with Crippen LogP contribution in [-0.4, -0.2) is 58.5 Å². The monoisotopic (exact) mass is 547 g/mol. The Morgan fingerprint density at radius 2 is 1.68 bits per heavy atom. The number of carbonyl (C=O) groups is 3. The van der Waals surface area contributed by atoms with Crippen molar-refractivity contribution in [2.45, 2.75) is 64.6 Å². The van der Waals surface area contributed by atoms with Crippen molar-refractivity contribution in [3.05, 3.63) is 90.0 Å². The maximum atomic E-state index is 13.8. The molecule has 1 heterocycles. The Labute approximate surface area is 236 Å². The molecule has 0 radical (unpaired) electrons. The Hall–Kier alpha value is -4.14. The van der Waals surface area contributed by atoms with Crippen molar-refractivity contribution in [1.82, 2.24) is 25.5 Å². The molecule has 214 valence electrons. The molecule has 9 nitrogen and oxygen atoms in total. The van der Waals surface area contributed by atoms with E-state index >= 15 is 0 Å². The van der Waals surface area contributed by atoms with E-state index in [1.807, 2.05) is 74.5 Å². The summed E-state index contributed by atoms with van der Waals surface area (Å²) in [5.41, 5.74) is 2.32. The van der Waals surface area contributed by atoms with E-state index < -0.39 is 24.1 Å². The Morgan fingerprint density at radius 1 is 1.02 bits per heavy atom. The first-order valence-corrected chi connectivity index (χ1v) is 13.6. The van der Waals surface area contributed by atoms with Crippen LogP contribution in [0, 0.1) is 5.92 Å². The Morgan fingerprint density at radius 3 is 2.27 bits per heavy atom. The van der Waals surface area contributed by atoms with Gasteiger partial charge < -0.3 is 25.3 Å². The van der Waals surface area contributed by atoms with Crippen LogP contribution in [0.1, 0.15) is 50.9 Å². The van der Waals surface area contributed by atoms with Gasteiger partial charge in [-0.3, -0.25) is 9.59 Å². The highest BCUT2D eigenvalue weighted by atomic mass is 16.5. The molecular weight excluding hydrogens is 506 g/mol. The van der Waals surface area contributed by atoms with Crippen molar-refractivity contribution in [1.29, 1.82) is 0 Å². The first-order valence-electron chi connectivity index (χ1n) is 13.6. The Kier molecular flexibility index (Phi) is 10.9. The number of benzene rings is 2. The number of ether oxygens (including phenoxy) is 1. The Balaban J connectivity index is 1.72. The first kappa shape index (κ1) is 30.4. The number of rotatable bonds is 13. The molecule has 3 rings (SSSR count). The van der Waals surface area contributed by atoms with Gasteiger partial charge in [-0.25, -0.2) is 9.78 Å². The van der Waals surface area contributed by atoms with E-state index in [2.05, 4.69) is 34.4 Å². The summed E-state index contributed by atoms with van der Waals surface area (Å²) in [5.74, 6) is -0.474. The van der Waals surface area contributed by atoms with Gasteiger partial charge in [0.25, 0.3) is 0 Å². The molecule has 0 aliphatic heterocycles. The maximum absolute atomic E-state index is 13.8. The van der Waals surface area contributed by atoms with Crippen molar-refractivity contribution in [3.8, 4) is 0 Å². The molecule has 3 N–H and O–H groups in total. The van der Waals surface area contributed by atoms with Crippen LogP contribution in [0.15, 0.2) is 73.2 Å². The maximum Gasteiger partial charge on any atom is 0.408 e. The minimum atomic E-state index is -0.961. The van der Waals surface area contributed by atoms with Crippen molar-refractivity contribution in [2.24, 2.45) is 5.92 Å². The topological polar surface area (TPSA) is 116 Å². The standard InChI is InChI=1S/C31H41N5O4/c1-22(2)16-27(28(37)33-20-31(3,4)24-14-10-7-11-15-24)36(5)29(38)26(17-25-18-32-21-34-25)35-30(39)40-19-23-12-8-6-9-13-23/h6-15,18,21-22,26-27H,16-17,19-20H2,1-5H3,(H,32,34)(H,33,37)(H,35,39)/t26-,27?/m0/s1. The van der Waals surface area contributed by atoms with Gasteiger partial charge in [-0.05, 0) is 23.5 Å². The zero-order valence-corrected chi connectivity index (χ0v) is 24.0. The molecule has 0 saturated carbocycles. The number of hydrogen-bond acceptors (Lipinski definition) is 5. The molecule has 0 saturated heterocycles. The van der Waals surface area contributed by atoms with Crippen molar-refractivity contribution >= 4 is 17.9 Å². The average Bonchev–Trinajstić information content (AvgIpc) is 3.46. The molecular formula is C31H41N5O4. The van der Waals surface area contributed by atoms with Crippen molar-refractivity contribution in [3.63, 3.8) is 0 Å². The van der Waals surface area contributed by atoms with Gasteiger partial charge in [0.15, 0.2) is 0 Å². The molecule has 2 aromatic carbocycles. The second kappa shape index (κ2) is 14.3. The van der Waals surface area contributed by atoms with Gasteiger partial charge in [-0.1, -0.05) is 88.4 Å². The van der Waals surface area contributed by atoms with E-state index in [0.717, 1.165) is 11.1 Å². The fourth-order valence-electron chi connectivity index (χ4n) is 4.43. The SMILES string of the molecule is CC(C)CC(C(=O)NCC(C)(C)c1ccccc1)N(C)C(=O)[C@H](Cc1cnc[nH]1)NC(=O)OCc1ccccc1. The predicted octanol–water partition coefficient (Wildman–Crippen LogP) is 4.21. The predicted molar refractivity (Wildman–Crippen MR) is 154 cm³/mol. The van der Waals surface area contributed by atoms with Crippen LogP contribution in [0.2, 0.25) is 0 Å². The third-order valence-corrected chi connectivity index (χ3v) is 6.85. The lowest BCUT2D eigenvalue weighted by Crippen LogP contribution is -2.56. The number of likely N-dealkylation sites (N-methyl/N-ethyl adjacent to an activating group) is 1. The summed E-state index contributed by atoms with van der Waals surface area (Å²) in [7, 11) is 1.61. The van der Waals surface area contributed by atoms with E-state index in [1.54, 1.807) is 13.2 Å². The van der Waals surface area contributed by atoms with Gasteiger partial charge in [-0.15, -0.1) is 0 Å². The molecule has 9 heteroatoms. The highest BCUT2D eigenvalue weighted by Crippen LogP contribution is 2.22. The minimum Gasteiger partial charge on any atom is -0.445 e. The van der Waals surface area contributed by atoms with Crippen molar-refractivity contribution < 1.29 is 19.1 Å². The van der Waals surface area contributed by atoms with Crippen LogP contribution in [0.25, 0.3) is 0 Å². The third-order valence-electron chi connectivity index (χ3n) is 6.85. The molecule has 3 aromatic rings. The van der Waals surface area contributed by atoms with E-state index in [9.17, 15) is 14.4 Å². The number of nitrogens with zero attached hydrogens (tertiary/aromatic N) is 2. The zero-order chi connectivity index (χ0) is 29.1. The summed E-state index contributed by atoms with van der Waals surface area (Å²) < 4.78 is 5.37. The molecule has 0 aliphatic carbocycles. The summed E-state index contributed by atoms with van der Waals surface area (Å²) in [6.45, 7) is 8.64. The second-order valence-corrected chi connectivity index (χ2v) is 11.1. The van der Waals surface area contributed by atoms with E-state index in [1.165, 1.54) is 11.2 Å². The van der Waals surface area contributed by atoms with Crippen molar-refractivity contribution in [2.75, 3.05) is 13.6 Å². The number of hydrogen-bond donors (Lipinski definition) is 3. The molecule has 1 unspecified atom stereocenters. The van der Waals surface area contributed by atoms with E-state index in [-0.39, 0.29) is 30.3 Å². The van der Waals surface area contributed by atoms with Gasteiger partial charge in [0.05, 0.1) is 6.33 Å². The number of imidazole rings is 1. The highest BCUT2D eigenvalue weighted by Gasteiger charge is 2.34. The molecule has 0 fully saturated rings. The fourth-order valence-corrected chi connectivity index (χ4v) is 4.43. The zero-order valence-electron chi connectivity index (χ0n) is 24.0. The fraction of sp³-hybridized carbons (Fsp3) is 0.419. The highest BCUT2D eigenvalue weighted by molar-refractivity contribution is 5.91. The summed E-state index contributed by atoms with van der Waals surface area (Å²) >= 11 is 0. The van der Waals surface area contributed by atoms with Crippen LogP contribution in [0.4, 0.5) is 4.79 Å². The van der Waals surface area contributed by atoms with Gasteiger partial charge in [0, 0.05) is 37.3 Å². The number of H-pyrrole nitrogens is 1. The van der Waals surface area contributed by atoms with Gasteiger partial charge in [0.2, 0.25) is 11.8 Å². The second-order valence-electron chi connectivity index (χ2n) is 11.1. The molecule has 0 bridgehead atoms. The quantitative estimate of drug-likeness (QED) is 0.296. The molecule has 1 aromatic heterocycles. The summed E-state index contributed by atoms with van der Waals surface area (Å²) in [6, 6.07) is 17.6. The van der Waals surface area contributed by atoms with Gasteiger partial charge in [-0.2, -0.15) is 0 Å².